The van der Waals surface area contributed by atoms with Gasteiger partial charge in [0.25, 0.3) is 5.91 Å². The standard InChI is InChI=1S/C18H25N5O2/c1-23(2)13-12-19-17(24)16-9-11-21-18(22-16)20-10-8-14-4-6-15(25-3)7-5-14/h4-7,9,11H,8,10,12-13H2,1-3H3,(H,19,24)(H,20,21,22). The van der Waals surface area contributed by atoms with Gasteiger partial charge in [-0.2, -0.15) is 0 Å². The Morgan fingerprint density at radius 1 is 1.16 bits per heavy atom. The summed E-state index contributed by atoms with van der Waals surface area (Å²) in [6.45, 7) is 2.04. The Morgan fingerprint density at radius 3 is 2.60 bits per heavy atom. The van der Waals surface area contributed by atoms with Crippen LogP contribution in [0.15, 0.2) is 36.5 Å². The monoisotopic (exact) mass is 343 g/mol. The fourth-order valence-corrected chi connectivity index (χ4v) is 2.16. The largest absolute Gasteiger partial charge is 0.497 e. The number of hydrogen-bond donors (Lipinski definition) is 2. The number of anilines is 1. The van der Waals surface area contributed by atoms with Crippen LogP contribution in [0.5, 0.6) is 5.75 Å². The third-order valence-electron chi connectivity index (χ3n) is 3.59. The number of benzene rings is 1. The third kappa shape index (κ3) is 6.39. The van der Waals surface area contributed by atoms with Crippen LogP contribution in [0.3, 0.4) is 0 Å². The molecule has 0 saturated carbocycles. The third-order valence-corrected chi connectivity index (χ3v) is 3.59. The molecule has 1 aromatic carbocycles. The highest BCUT2D eigenvalue weighted by molar-refractivity contribution is 5.92. The van der Waals surface area contributed by atoms with Crippen LogP contribution in [0.1, 0.15) is 16.1 Å². The van der Waals surface area contributed by atoms with Gasteiger partial charge in [0, 0.05) is 25.8 Å². The molecule has 0 fully saturated rings. The Hall–Kier alpha value is -2.67. The lowest BCUT2D eigenvalue weighted by Crippen LogP contribution is -2.32. The van der Waals surface area contributed by atoms with Gasteiger partial charge in [0.05, 0.1) is 7.11 Å². The van der Waals surface area contributed by atoms with Crippen molar-refractivity contribution in [2.45, 2.75) is 6.42 Å². The zero-order valence-electron chi connectivity index (χ0n) is 15.0. The second-order valence-electron chi connectivity index (χ2n) is 5.85. The summed E-state index contributed by atoms with van der Waals surface area (Å²) < 4.78 is 5.14. The van der Waals surface area contributed by atoms with Gasteiger partial charge in [0.15, 0.2) is 0 Å². The number of nitrogens with zero attached hydrogens (tertiary/aromatic N) is 3. The number of nitrogens with one attached hydrogen (secondary N) is 2. The lowest BCUT2D eigenvalue weighted by Gasteiger charge is -2.10. The molecule has 2 N–H and O–H groups in total. The van der Waals surface area contributed by atoms with Crippen LogP contribution in [-0.2, 0) is 6.42 Å². The summed E-state index contributed by atoms with van der Waals surface area (Å²) in [4.78, 5) is 22.5. The summed E-state index contributed by atoms with van der Waals surface area (Å²) in [7, 11) is 5.57. The molecule has 2 rings (SSSR count). The molecular formula is C18H25N5O2. The molecule has 134 valence electrons. The molecule has 25 heavy (non-hydrogen) atoms. The fraction of sp³-hybridized carbons (Fsp3) is 0.389. The second-order valence-corrected chi connectivity index (χ2v) is 5.85. The van der Waals surface area contributed by atoms with Crippen molar-refractivity contribution in [2.24, 2.45) is 0 Å². The number of amides is 1. The Balaban J connectivity index is 1.82. The Bertz CT molecular complexity index is 673. The van der Waals surface area contributed by atoms with Gasteiger partial charge in [0.2, 0.25) is 5.95 Å². The number of hydrogen-bond acceptors (Lipinski definition) is 6. The highest BCUT2D eigenvalue weighted by atomic mass is 16.5. The van der Waals surface area contributed by atoms with E-state index in [0.717, 1.165) is 18.7 Å². The summed E-state index contributed by atoms with van der Waals surface area (Å²) in [6, 6.07) is 9.53. The SMILES string of the molecule is COc1ccc(CCNc2nccc(C(=O)NCCN(C)C)n2)cc1. The molecule has 0 atom stereocenters. The number of carbonyl (C=O) groups excluding carboxylic acids is 1. The molecule has 0 aliphatic rings. The average Bonchev–Trinajstić information content (AvgIpc) is 2.62. The van der Waals surface area contributed by atoms with E-state index in [2.05, 4.69) is 20.6 Å². The summed E-state index contributed by atoms with van der Waals surface area (Å²) in [5, 5.41) is 5.99. The van der Waals surface area contributed by atoms with Gasteiger partial charge in [0.1, 0.15) is 11.4 Å². The molecule has 0 aliphatic carbocycles. The predicted octanol–water partition coefficient (Wildman–Crippen LogP) is 1.43. The molecule has 0 unspecified atom stereocenters. The first kappa shape index (κ1) is 18.7. The van der Waals surface area contributed by atoms with Gasteiger partial charge in [-0.15, -0.1) is 0 Å². The summed E-state index contributed by atoms with van der Waals surface area (Å²) in [5.74, 6) is 1.10. The maximum Gasteiger partial charge on any atom is 0.270 e. The molecule has 2 aromatic rings. The lowest BCUT2D eigenvalue weighted by atomic mass is 10.1. The zero-order chi connectivity index (χ0) is 18.1. The molecule has 7 heteroatoms. The van der Waals surface area contributed by atoms with E-state index < -0.39 is 0 Å². The van der Waals surface area contributed by atoms with E-state index in [0.29, 0.717) is 24.7 Å². The molecule has 0 spiro atoms. The molecule has 1 aromatic heterocycles. The minimum absolute atomic E-state index is 0.192. The molecule has 0 bridgehead atoms. The number of aromatic nitrogens is 2. The fourth-order valence-electron chi connectivity index (χ4n) is 2.16. The van der Waals surface area contributed by atoms with E-state index in [1.165, 1.54) is 5.56 Å². The predicted molar refractivity (Wildman–Crippen MR) is 98.1 cm³/mol. The van der Waals surface area contributed by atoms with E-state index in [9.17, 15) is 4.79 Å². The molecule has 1 heterocycles. The van der Waals surface area contributed by atoms with Crippen LogP contribution >= 0.6 is 0 Å². The topological polar surface area (TPSA) is 79.4 Å². The van der Waals surface area contributed by atoms with Crippen molar-refractivity contribution in [3.8, 4) is 5.75 Å². The van der Waals surface area contributed by atoms with Crippen LogP contribution in [0, 0.1) is 0 Å². The van der Waals surface area contributed by atoms with E-state index >= 15 is 0 Å². The first-order valence-corrected chi connectivity index (χ1v) is 8.21. The van der Waals surface area contributed by atoms with Crippen molar-refractivity contribution in [2.75, 3.05) is 46.2 Å². The molecule has 0 aliphatic heterocycles. The summed E-state index contributed by atoms with van der Waals surface area (Å²) in [5.41, 5.74) is 1.55. The minimum Gasteiger partial charge on any atom is -0.497 e. The molecular weight excluding hydrogens is 318 g/mol. The van der Waals surface area contributed by atoms with Crippen molar-refractivity contribution in [1.82, 2.24) is 20.2 Å². The molecule has 0 radical (unpaired) electrons. The van der Waals surface area contributed by atoms with Crippen LogP contribution in [0.4, 0.5) is 5.95 Å². The van der Waals surface area contributed by atoms with E-state index in [1.807, 2.05) is 43.3 Å². The number of carbonyl (C=O) groups is 1. The highest BCUT2D eigenvalue weighted by Gasteiger charge is 2.08. The van der Waals surface area contributed by atoms with Gasteiger partial charge in [-0.3, -0.25) is 4.79 Å². The average molecular weight is 343 g/mol. The van der Waals surface area contributed by atoms with E-state index in [4.69, 9.17) is 4.74 Å². The molecule has 7 nitrogen and oxygen atoms in total. The summed E-state index contributed by atoms with van der Waals surface area (Å²) in [6.07, 6.45) is 2.41. The quantitative estimate of drug-likeness (QED) is 0.717. The molecule has 0 saturated heterocycles. The number of methoxy groups -OCH3 is 1. The number of rotatable bonds is 9. The minimum atomic E-state index is -0.192. The maximum atomic E-state index is 12.1. The van der Waals surface area contributed by atoms with Crippen LogP contribution < -0.4 is 15.4 Å². The summed E-state index contributed by atoms with van der Waals surface area (Å²) >= 11 is 0. The van der Waals surface area contributed by atoms with Crippen molar-refractivity contribution in [3.05, 3.63) is 47.8 Å². The Kier molecular flexibility index (Phi) is 7.16. The smallest absolute Gasteiger partial charge is 0.270 e. The maximum absolute atomic E-state index is 12.1. The normalized spacial score (nSPS) is 10.6. The zero-order valence-corrected chi connectivity index (χ0v) is 15.0. The molecule has 1 amide bonds. The second kappa shape index (κ2) is 9.58. The van der Waals surface area contributed by atoms with Crippen molar-refractivity contribution < 1.29 is 9.53 Å². The van der Waals surface area contributed by atoms with Gasteiger partial charge < -0.3 is 20.3 Å². The van der Waals surface area contributed by atoms with Crippen molar-refractivity contribution >= 4 is 11.9 Å². The lowest BCUT2D eigenvalue weighted by molar-refractivity contribution is 0.0946. The van der Waals surface area contributed by atoms with Crippen molar-refractivity contribution in [1.29, 1.82) is 0 Å². The van der Waals surface area contributed by atoms with E-state index in [1.54, 1.807) is 19.4 Å². The first-order valence-electron chi connectivity index (χ1n) is 8.21. The number of likely N-dealkylation sites (N-methyl/N-ethyl adjacent to an activating group) is 1. The van der Waals surface area contributed by atoms with Gasteiger partial charge >= 0.3 is 0 Å². The number of ether oxygens (including phenoxy) is 1. The van der Waals surface area contributed by atoms with Crippen molar-refractivity contribution in [3.63, 3.8) is 0 Å². The van der Waals surface area contributed by atoms with E-state index in [-0.39, 0.29) is 5.91 Å². The Morgan fingerprint density at radius 2 is 1.92 bits per heavy atom. The van der Waals surface area contributed by atoms with Gasteiger partial charge in [-0.1, -0.05) is 12.1 Å². The van der Waals surface area contributed by atoms with Crippen LogP contribution in [0.2, 0.25) is 0 Å². The van der Waals surface area contributed by atoms with Gasteiger partial charge in [-0.05, 0) is 44.3 Å². The first-order chi connectivity index (χ1) is 12.1. The Labute approximate surface area is 148 Å². The van der Waals surface area contributed by atoms with Crippen LogP contribution in [-0.4, -0.2) is 61.6 Å². The highest BCUT2D eigenvalue weighted by Crippen LogP contribution is 2.11. The van der Waals surface area contributed by atoms with Gasteiger partial charge in [-0.25, -0.2) is 9.97 Å². The van der Waals surface area contributed by atoms with Crippen LogP contribution in [0.25, 0.3) is 0 Å².